The van der Waals surface area contributed by atoms with E-state index in [1.165, 1.54) is 0 Å². The molecule has 4 heteroatoms. The maximum atomic E-state index is 8.15. The first-order valence-corrected chi connectivity index (χ1v) is 3.57. The molecule has 0 N–H and O–H groups in total. The van der Waals surface area contributed by atoms with Gasteiger partial charge in [0, 0.05) is 0 Å². The summed E-state index contributed by atoms with van der Waals surface area (Å²) in [4.78, 5) is 0. The summed E-state index contributed by atoms with van der Waals surface area (Å²) in [6, 6.07) is 1.89. The molecular formula is C7H11NO3. The van der Waals surface area contributed by atoms with Gasteiger partial charge in [0.1, 0.15) is 12.7 Å². The van der Waals surface area contributed by atoms with E-state index in [1.807, 2.05) is 6.07 Å². The summed E-state index contributed by atoms with van der Waals surface area (Å²) < 4.78 is 15.3. The first kappa shape index (κ1) is 8.47. The fourth-order valence-corrected chi connectivity index (χ4v) is 0.869. The second-order valence-corrected chi connectivity index (χ2v) is 2.24. The second-order valence-electron chi connectivity index (χ2n) is 2.24. The molecule has 0 amide bonds. The third kappa shape index (κ3) is 3.33. The molecule has 1 heterocycles. The zero-order valence-corrected chi connectivity index (χ0v) is 6.28. The Balaban J connectivity index is 2.01. The predicted molar refractivity (Wildman–Crippen MR) is 37.0 cm³/mol. The standard InChI is InChI=1S/C7H11NO3/c8-1-2-9-5-7-6-10-3-4-11-7/h7H,2-6H2/t7-/m1/s1. The highest BCUT2D eigenvalue weighted by Gasteiger charge is 2.13. The van der Waals surface area contributed by atoms with Crippen LogP contribution in [0.4, 0.5) is 0 Å². The normalized spacial score (nSPS) is 24.5. The van der Waals surface area contributed by atoms with Crippen molar-refractivity contribution < 1.29 is 14.2 Å². The van der Waals surface area contributed by atoms with E-state index < -0.39 is 0 Å². The van der Waals surface area contributed by atoms with E-state index in [1.54, 1.807) is 0 Å². The van der Waals surface area contributed by atoms with Gasteiger partial charge in [-0.05, 0) is 0 Å². The highest BCUT2D eigenvalue weighted by Crippen LogP contribution is 2.00. The summed E-state index contributed by atoms with van der Waals surface area (Å²) in [5.74, 6) is 0. The van der Waals surface area contributed by atoms with Gasteiger partial charge in [0.25, 0.3) is 0 Å². The molecule has 1 fully saturated rings. The third-order valence-electron chi connectivity index (χ3n) is 1.36. The van der Waals surface area contributed by atoms with Crippen LogP contribution in [0.3, 0.4) is 0 Å². The zero-order valence-electron chi connectivity index (χ0n) is 6.28. The SMILES string of the molecule is N#CCOC[C@@H]1COCCO1. The predicted octanol–water partition coefficient (Wildman–Crippen LogP) is -0.0580. The fourth-order valence-electron chi connectivity index (χ4n) is 0.869. The molecule has 1 rings (SSSR count). The van der Waals surface area contributed by atoms with Crippen LogP contribution >= 0.6 is 0 Å². The largest absolute Gasteiger partial charge is 0.376 e. The van der Waals surface area contributed by atoms with Crippen molar-refractivity contribution in [1.82, 2.24) is 0 Å². The van der Waals surface area contributed by atoms with Gasteiger partial charge in [-0.25, -0.2) is 0 Å². The summed E-state index contributed by atoms with van der Waals surface area (Å²) in [5.41, 5.74) is 0. The van der Waals surface area contributed by atoms with Gasteiger partial charge in [0.05, 0.1) is 32.5 Å². The summed E-state index contributed by atoms with van der Waals surface area (Å²) in [5, 5.41) is 8.15. The van der Waals surface area contributed by atoms with Crippen LogP contribution in [0, 0.1) is 11.3 Å². The van der Waals surface area contributed by atoms with Crippen molar-refractivity contribution in [1.29, 1.82) is 5.26 Å². The van der Waals surface area contributed by atoms with Crippen molar-refractivity contribution in [3.05, 3.63) is 0 Å². The number of nitriles is 1. The van der Waals surface area contributed by atoms with Crippen LogP contribution in [-0.2, 0) is 14.2 Å². The molecule has 0 bridgehead atoms. The minimum atomic E-state index is 0.0112. The van der Waals surface area contributed by atoms with Crippen molar-refractivity contribution in [3.8, 4) is 6.07 Å². The Morgan fingerprint density at radius 3 is 3.09 bits per heavy atom. The molecule has 0 unspecified atom stereocenters. The molecule has 0 saturated carbocycles. The molecule has 0 aromatic carbocycles. The molecule has 0 spiro atoms. The summed E-state index contributed by atoms with van der Waals surface area (Å²) in [6.07, 6.45) is 0.0112. The lowest BCUT2D eigenvalue weighted by Crippen LogP contribution is -2.32. The molecule has 0 aromatic rings. The number of rotatable bonds is 3. The number of nitrogens with zero attached hydrogens (tertiary/aromatic N) is 1. The average Bonchev–Trinajstić information content (AvgIpc) is 2.07. The van der Waals surface area contributed by atoms with E-state index in [0.29, 0.717) is 26.4 Å². The van der Waals surface area contributed by atoms with Crippen LogP contribution in [0.15, 0.2) is 0 Å². The van der Waals surface area contributed by atoms with Gasteiger partial charge in [-0.3, -0.25) is 0 Å². The van der Waals surface area contributed by atoms with E-state index in [0.717, 1.165) is 0 Å². The van der Waals surface area contributed by atoms with Crippen LogP contribution in [0.25, 0.3) is 0 Å². The monoisotopic (exact) mass is 157 g/mol. The molecule has 62 valence electrons. The lowest BCUT2D eigenvalue weighted by Gasteiger charge is -2.21. The third-order valence-corrected chi connectivity index (χ3v) is 1.36. The summed E-state index contributed by atoms with van der Waals surface area (Å²) >= 11 is 0. The lowest BCUT2D eigenvalue weighted by atomic mass is 10.4. The molecule has 0 aliphatic carbocycles. The van der Waals surface area contributed by atoms with Crippen LogP contribution < -0.4 is 0 Å². The maximum Gasteiger partial charge on any atom is 0.133 e. The van der Waals surface area contributed by atoms with Gasteiger partial charge in [0.2, 0.25) is 0 Å². The van der Waals surface area contributed by atoms with Crippen molar-refractivity contribution >= 4 is 0 Å². The quantitative estimate of drug-likeness (QED) is 0.538. The van der Waals surface area contributed by atoms with E-state index in [9.17, 15) is 0 Å². The van der Waals surface area contributed by atoms with Crippen LogP contribution in [0.1, 0.15) is 0 Å². The maximum absolute atomic E-state index is 8.15. The Kier molecular flexibility index (Phi) is 3.91. The van der Waals surface area contributed by atoms with Crippen LogP contribution in [-0.4, -0.2) is 39.1 Å². The van der Waals surface area contributed by atoms with Crippen molar-refractivity contribution in [2.45, 2.75) is 6.10 Å². The highest BCUT2D eigenvalue weighted by molar-refractivity contribution is 4.68. The number of hydrogen-bond donors (Lipinski definition) is 0. The molecule has 1 saturated heterocycles. The Hall–Kier alpha value is -0.630. The second kappa shape index (κ2) is 5.08. The van der Waals surface area contributed by atoms with Gasteiger partial charge >= 0.3 is 0 Å². The summed E-state index contributed by atoms with van der Waals surface area (Å²) in [6.45, 7) is 2.44. The van der Waals surface area contributed by atoms with Gasteiger partial charge in [-0.15, -0.1) is 0 Å². The Labute approximate surface area is 65.7 Å². The average molecular weight is 157 g/mol. The van der Waals surface area contributed by atoms with Crippen molar-refractivity contribution in [2.75, 3.05) is 33.0 Å². The number of ether oxygens (including phenoxy) is 3. The molecule has 0 aromatic heterocycles. The van der Waals surface area contributed by atoms with Crippen molar-refractivity contribution in [2.24, 2.45) is 0 Å². The van der Waals surface area contributed by atoms with Gasteiger partial charge in [0.15, 0.2) is 0 Å². The minimum Gasteiger partial charge on any atom is -0.376 e. The molecule has 1 aliphatic heterocycles. The molecule has 1 atom stereocenters. The smallest absolute Gasteiger partial charge is 0.133 e. The van der Waals surface area contributed by atoms with E-state index in [2.05, 4.69) is 0 Å². The Bertz CT molecular complexity index is 137. The van der Waals surface area contributed by atoms with Gasteiger partial charge in [-0.1, -0.05) is 0 Å². The minimum absolute atomic E-state index is 0.0112. The Morgan fingerprint density at radius 1 is 1.55 bits per heavy atom. The van der Waals surface area contributed by atoms with E-state index in [-0.39, 0.29) is 12.7 Å². The molecule has 11 heavy (non-hydrogen) atoms. The molecular weight excluding hydrogens is 146 g/mol. The van der Waals surface area contributed by atoms with Crippen LogP contribution in [0.2, 0.25) is 0 Å². The van der Waals surface area contributed by atoms with E-state index >= 15 is 0 Å². The fraction of sp³-hybridized carbons (Fsp3) is 0.857. The van der Waals surface area contributed by atoms with Gasteiger partial charge < -0.3 is 14.2 Å². The molecule has 1 aliphatic rings. The topological polar surface area (TPSA) is 51.5 Å². The Morgan fingerprint density at radius 2 is 2.45 bits per heavy atom. The molecule has 4 nitrogen and oxygen atoms in total. The first-order chi connectivity index (χ1) is 5.43. The van der Waals surface area contributed by atoms with Gasteiger partial charge in [-0.2, -0.15) is 5.26 Å². The van der Waals surface area contributed by atoms with Crippen molar-refractivity contribution in [3.63, 3.8) is 0 Å². The molecule has 0 radical (unpaired) electrons. The zero-order chi connectivity index (χ0) is 7.94. The first-order valence-electron chi connectivity index (χ1n) is 3.57. The highest BCUT2D eigenvalue weighted by atomic mass is 16.6. The number of hydrogen-bond acceptors (Lipinski definition) is 4. The van der Waals surface area contributed by atoms with Crippen LogP contribution in [0.5, 0.6) is 0 Å². The lowest BCUT2D eigenvalue weighted by molar-refractivity contribution is -0.112. The summed E-state index contributed by atoms with van der Waals surface area (Å²) in [7, 11) is 0. The van der Waals surface area contributed by atoms with E-state index in [4.69, 9.17) is 19.5 Å².